The van der Waals surface area contributed by atoms with Gasteiger partial charge in [0.25, 0.3) is 0 Å². The summed E-state index contributed by atoms with van der Waals surface area (Å²) in [5.74, 6) is -0.196. The Labute approximate surface area is 534 Å². The van der Waals surface area contributed by atoms with Crippen molar-refractivity contribution in [1.29, 1.82) is 0 Å². The second-order valence-corrected chi connectivity index (χ2v) is 27.1. The van der Waals surface area contributed by atoms with Gasteiger partial charge in [0.2, 0.25) is 5.91 Å². The van der Waals surface area contributed by atoms with Gasteiger partial charge in [-0.1, -0.05) is 348 Å². The van der Waals surface area contributed by atoms with E-state index in [0.717, 1.165) is 51.4 Å². The third kappa shape index (κ3) is 42.8. The Hall–Kier alpha value is -1.01. The summed E-state index contributed by atoms with van der Waals surface area (Å²) < 4.78 is 23.0. The fourth-order valence-electron chi connectivity index (χ4n) is 13.1. The number of aliphatic hydroxyl groups excluding tert-OH is 8. The number of rotatable bonds is 64. The monoisotopic (exact) mass is 1240 g/mol. The smallest absolute Gasteiger partial charge is 0.220 e. The molecule has 12 unspecified atom stereocenters. The van der Waals surface area contributed by atoms with Crippen molar-refractivity contribution in [3.8, 4) is 0 Å². The fraction of sp³-hybridized carbons (Fsp3) is 0.986. The lowest BCUT2D eigenvalue weighted by Gasteiger charge is -2.46. The number of carbonyl (C=O) groups excluding carboxylic acids is 1. The molecule has 0 radical (unpaired) electrons. The highest BCUT2D eigenvalue weighted by Gasteiger charge is 2.51. The van der Waals surface area contributed by atoms with Crippen LogP contribution in [0.25, 0.3) is 0 Å². The van der Waals surface area contributed by atoms with Crippen LogP contribution in [0.5, 0.6) is 0 Å². The van der Waals surface area contributed by atoms with Crippen LogP contribution < -0.4 is 5.32 Å². The summed E-state index contributed by atoms with van der Waals surface area (Å²) in [6, 6.07) is -0.825. The van der Waals surface area contributed by atoms with Crippen molar-refractivity contribution in [2.45, 2.75) is 441 Å². The zero-order valence-electron chi connectivity index (χ0n) is 56.6. The minimum Gasteiger partial charge on any atom is -0.394 e. The van der Waals surface area contributed by atoms with Gasteiger partial charge in [-0.2, -0.15) is 0 Å². The highest BCUT2D eigenvalue weighted by Crippen LogP contribution is 2.30. The number of aliphatic hydroxyl groups is 8. The summed E-state index contributed by atoms with van der Waals surface area (Å²) in [5, 5.41) is 87.7. The molecule has 14 heteroatoms. The molecule has 0 aromatic rings. The maximum atomic E-state index is 13.4. The third-order valence-electron chi connectivity index (χ3n) is 19.1. The molecule has 0 bridgehead atoms. The molecule has 1 amide bonds. The number of amides is 1. The van der Waals surface area contributed by atoms with Gasteiger partial charge in [0.15, 0.2) is 12.6 Å². The Bertz CT molecular complexity index is 1460. The van der Waals surface area contributed by atoms with Crippen molar-refractivity contribution in [3.05, 3.63) is 0 Å². The minimum absolute atomic E-state index is 0.196. The molecule has 2 aliphatic rings. The molecule has 2 saturated heterocycles. The summed E-state index contributed by atoms with van der Waals surface area (Å²) in [6.45, 7) is 2.94. The highest BCUT2D eigenvalue weighted by atomic mass is 16.7. The number of nitrogens with one attached hydrogen (secondary N) is 1. The van der Waals surface area contributed by atoms with Gasteiger partial charge in [-0.3, -0.25) is 4.79 Å². The lowest BCUT2D eigenvalue weighted by molar-refractivity contribution is -0.359. The van der Waals surface area contributed by atoms with Crippen LogP contribution in [0.3, 0.4) is 0 Å². The second-order valence-electron chi connectivity index (χ2n) is 27.1. The van der Waals surface area contributed by atoms with Crippen LogP contribution in [0.15, 0.2) is 0 Å². The van der Waals surface area contributed by atoms with Crippen LogP contribution in [0.4, 0.5) is 0 Å². The Balaban J connectivity index is 1.63. The minimum atomic E-state index is -1.78. The van der Waals surface area contributed by atoms with Gasteiger partial charge >= 0.3 is 0 Å². The van der Waals surface area contributed by atoms with E-state index in [9.17, 15) is 45.6 Å². The van der Waals surface area contributed by atoms with Gasteiger partial charge in [-0.05, 0) is 12.8 Å². The van der Waals surface area contributed by atoms with Crippen LogP contribution >= 0.6 is 0 Å². The van der Waals surface area contributed by atoms with Gasteiger partial charge in [0.05, 0.1) is 32.0 Å². The van der Waals surface area contributed by atoms with Crippen molar-refractivity contribution in [2.24, 2.45) is 0 Å². The lowest BCUT2D eigenvalue weighted by Crippen LogP contribution is -2.65. The van der Waals surface area contributed by atoms with Crippen molar-refractivity contribution >= 4 is 5.91 Å². The van der Waals surface area contributed by atoms with Crippen LogP contribution in [-0.4, -0.2) is 140 Å². The molecule has 2 aliphatic heterocycles. The normalized spacial score (nSPS) is 23.1. The van der Waals surface area contributed by atoms with Crippen molar-refractivity contribution in [1.82, 2.24) is 5.32 Å². The summed E-state index contributed by atoms with van der Waals surface area (Å²) in [4.78, 5) is 13.4. The standard InChI is InChI=1S/C73H143NO13/c1-3-5-7-9-11-13-15-17-19-21-23-25-27-29-31-32-34-36-38-40-42-44-46-48-50-52-54-56-62(77)61(60-84-72-70(83)68(81)71(64(59-76)86-72)87-73-69(82)67(80)66(79)63(58-75)85-73)74-65(78)57-55-53-51-49-47-45-43-41-39-37-35-33-30-28-26-24-22-20-18-16-14-12-10-8-6-4-2/h61-64,66-73,75-77,79-83H,3-60H2,1-2H3,(H,74,78). The van der Waals surface area contributed by atoms with Crippen molar-refractivity contribution in [2.75, 3.05) is 19.8 Å². The van der Waals surface area contributed by atoms with E-state index in [-0.39, 0.29) is 12.5 Å². The molecular weight excluding hydrogens is 1100 g/mol. The van der Waals surface area contributed by atoms with E-state index in [4.69, 9.17) is 18.9 Å². The van der Waals surface area contributed by atoms with Crippen LogP contribution in [0.1, 0.15) is 367 Å². The van der Waals surface area contributed by atoms with E-state index in [2.05, 4.69) is 19.2 Å². The third-order valence-corrected chi connectivity index (χ3v) is 19.1. The molecule has 0 aromatic carbocycles. The van der Waals surface area contributed by atoms with Gasteiger partial charge in [0.1, 0.15) is 48.8 Å². The van der Waals surface area contributed by atoms with E-state index in [1.54, 1.807) is 0 Å². The topological polar surface area (TPSA) is 228 Å². The summed E-state index contributed by atoms with van der Waals surface area (Å²) in [5.41, 5.74) is 0. The summed E-state index contributed by atoms with van der Waals surface area (Å²) >= 11 is 0. The molecule has 2 fully saturated rings. The second kappa shape index (κ2) is 58.8. The molecule has 12 atom stereocenters. The molecule has 518 valence electrons. The first kappa shape index (κ1) is 82.1. The predicted octanol–water partition coefficient (Wildman–Crippen LogP) is 16.0. The molecule has 2 heterocycles. The average Bonchev–Trinajstić information content (AvgIpc) is 2.33. The molecule has 14 nitrogen and oxygen atoms in total. The Morgan fingerprint density at radius 2 is 0.655 bits per heavy atom. The number of hydrogen-bond donors (Lipinski definition) is 9. The van der Waals surface area contributed by atoms with Gasteiger partial charge in [-0.15, -0.1) is 0 Å². The van der Waals surface area contributed by atoms with Crippen molar-refractivity contribution in [3.63, 3.8) is 0 Å². The van der Waals surface area contributed by atoms with E-state index < -0.39 is 86.8 Å². The van der Waals surface area contributed by atoms with E-state index in [1.807, 2.05) is 0 Å². The lowest BCUT2D eigenvalue weighted by atomic mass is 9.97. The Kier molecular flexibility index (Phi) is 55.5. The number of hydrogen-bond acceptors (Lipinski definition) is 13. The maximum absolute atomic E-state index is 13.4. The predicted molar refractivity (Wildman–Crippen MR) is 356 cm³/mol. The van der Waals surface area contributed by atoms with Crippen molar-refractivity contribution < 1.29 is 64.6 Å². The first-order chi connectivity index (χ1) is 42.6. The summed E-state index contributed by atoms with van der Waals surface area (Å²) in [7, 11) is 0. The quantitative estimate of drug-likeness (QED) is 0.0259. The van der Waals surface area contributed by atoms with Crippen LogP contribution in [-0.2, 0) is 23.7 Å². The molecular formula is C73H143NO13. The van der Waals surface area contributed by atoms with E-state index in [0.29, 0.717) is 12.8 Å². The summed E-state index contributed by atoms with van der Waals surface area (Å²) in [6.07, 6.45) is 54.2. The zero-order valence-corrected chi connectivity index (χ0v) is 56.6. The maximum Gasteiger partial charge on any atom is 0.220 e. The molecule has 2 rings (SSSR count). The Morgan fingerprint density at radius 3 is 0.977 bits per heavy atom. The van der Waals surface area contributed by atoms with Gasteiger partial charge in [-0.25, -0.2) is 0 Å². The van der Waals surface area contributed by atoms with Crippen LogP contribution in [0.2, 0.25) is 0 Å². The largest absolute Gasteiger partial charge is 0.394 e. The molecule has 9 N–H and O–H groups in total. The van der Waals surface area contributed by atoms with E-state index in [1.165, 1.54) is 289 Å². The molecule has 0 aromatic heterocycles. The van der Waals surface area contributed by atoms with E-state index >= 15 is 0 Å². The molecule has 0 aliphatic carbocycles. The van der Waals surface area contributed by atoms with Gasteiger partial charge < -0.3 is 65.1 Å². The number of ether oxygens (including phenoxy) is 4. The first-order valence-electron chi connectivity index (χ1n) is 37.8. The van der Waals surface area contributed by atoms with Crippen LogP contribution in [0, 0.1) is 0 Å². The molecule has 0 spiro atoms. The average molecular weight is 1240 g/mol. The zero-order chi connectivity index (χ0) is 63.1. The highest BCUT2D eigenvalue weighted by molar-refractivity contribution is 5.76. The van der Waals surface area contributed by atoms with Gasteiger partial charge in [0, 0.05) is 6.42 Å². The number of unbranched alkanes of at least 4 members (excludes halogenated alkanes) is 51. The SMILES string of the molecule is CCCCCCCCCCCCCCCCCCCCCCCCCCCCCC(O)C(COC1OC(CO)C(OC2OC(CO)C(O)C(O)C2O)C(O)C1O)NC(=O)CCCCCCCCCCCCCCCCCCCCCCCCCCCC. The Morgan fingerprint density at radius 1 is 0.368 bits per heavy atom. The number of carbonyl (C=O) groups is 1. The molecule has 87 heavy (non-hydrogen) atoms. The first-order valence-corrected chi connectivity index (χ1v) is 37.8. The molecule has 0 saturated carbocycles. The fourth-order valence-corrected chi connectivity index (χ4v) is 13.1.